The van der Waals surface area contributed by atoms with Gasteiger partial charge in [0.2, 0.25) is 0 Å². The monoisotopic (exact) mass is 316 g/mol. The molecule has 0 amide bonds. The zero-order chi connectivity index (χ0) is 16.5. The summed E-state index contributed by atoms with van der Waals surface area (Å²) in [6, 6.07) is 0. The molecule has 0 N–H and O–H groups in total. The molecular formula is C23H40. The van der Waals surface area contributed by atoms with Gasteiger partial charge in [0.25, 0.3) is 0 Å². The smallest absolute Gasteiger partial charge is 0.0238 e. The number of hydrogen-bond acceptors (Lipinski definition) is 0. The Kier molecular flexibility index (Phi) is 3.76. The molecule has 0 spiro atoms. The minimum atomic E-state index is 0.613. The highest BCUT2D eigenvalue weighted by Crippen LogP contribution is 2.70. The van der Waals surface area contributed by atoms with Crippen molar-refractivity contribution >= 4 is 0 Å². The van der Waals surface area contributed by atoms with Crippen molar-refractivity contribution in [1.82, 2.24) is 0 Å². The van der Waals surface area contributed by atoms with Gasteiger partial charge in [-0.15, -0.1) is 0 Å². The van der Waals surface area contributed by atoms with Gasteiger partial charge >= 0.3 is 0 Å². The fraction of sp³-hybridized carbons (Fsp3) is 1.00. The molecule has 0 heteroatoms. The first kappa shape index (κ1) is 16.5. The highest BCUT2D eigenvalue weighted by atomic mass is 14.7. The molecule has 4 rings (SSSR count). The summed E-state index contributed by atoms with van der Waals surface area (Å²) in [7, 11) is 0. The second kappa shape index (κ2) is 5.25. The molecule has 0 unspecified atom stereocenters. The van der Waals surface area contributed by atoms with Crippen LogP contribution in [-0.4, -0.2) is 0 Å². The maximum atomic E-state index is 2.75. The van der Waals surface area contributed by atoms with E-state index in [0.717, 1.165) is 29.6 Å². The van der Waals surface area contributed by atoms with Crippen molar-refractivity contribution in [3.63, 3.8) is 0 Å². The van der Waals surface area contributed by atoms with Gasteiger partial charge < -0.3 is 0 Å². The summed E-state index contributed by atoms with van der Waals surface area (Å²) in [6.45, 7) is 13.2. The van der Waals surface area contributed by atoms with Crippen molar-refractivity contribution in [2.24, 2.45) is 45.8 Å². The standard InChI is InChI=1S/C23H40/c1-16-8-6-14-22(4)18(16)10-11-20-17-9-7-13-21(2,3)19(17)12-15-23(20,22)5/h16-20H,6-15H2,1-5H3/t16-,17-,18+,19+,20+,22+,23+/m0/s1. The molecule has 0 nitrogen and oxygen atoms in total. The van der Waals surface area contributed by atoms with E-state index in [1.54, 1.807) is 19.3 Å². The second-order valence-electron chi connectivity index (χ2n) is 11.2. The Labute approximate surface area is 145 Å². The molecule has 0 radical (unpaired) electrons. The molecule has 0 heterocycles. The third kappa shape index (κ3) is 2.15. The molecule has 7 atom stereocenters. The quantitative estimate of drug-likeness (QED) is 0.448. The average Bonchev–Trinajstić information content (AvgIpc) is 2.47. The lowest BCUT2D eigenvalue weighted by atomic mass is 9.37. The molecule has 0 aliphatic heterocycles. The Morgan fingerprint density at radius 2 is 1.26 bits per heavy atom. The summed E-state index contributed by atoms with van der Waals surface area (Å²) in [5, 5.41) is 0. The molecule has 4 saturated carbocycles. The minimum Gasteiger partial charge on any atom is -0.0622 e. The molecule has 4 aliphatic carbocycles. The number of fused-ring (bicyclic) bond motifs is 5. The largest absolute Gasteiger partial charge is 0.0622 e. The lowest BCUT2D eigenvalue weighted by Crippen LogP contribution is -2.60. The van der Waals surface area contributed by atoms with E-state index >= 15 is 0 Å². The number of rotatable bonds is 0. The Hall–Kier alpha value is 0. The van der Waals surface area contributed by atoms with E-state index in [-0.39, 0.29) is 0 Å². The lowest BCUT2D eigenvalue weighted by Gasteiger charge is -2.68. The van der Waals surface area contributed by atoms with Gasteiger partial charge in [0, 0.05) is 0 Å². The highest BCUT2D eigenvalue weighted by molar-refractivity contribution is 5.11. The van der Waals surface area contributed by atoms with E-state index in [0.29, 0.717) is 16.2 Å². The fourth-order valence-corrected chi connectivity index (χ4v) is 8.68. The third-order valence-electron chi connectivity index (χ3n) is 10.1. The van der Waals surface area contributed by atoms with Crippen molar-refractivity contribution in [1.29, 1.82) is 0 Å². The second-order valence-corrected chi connectivity index (χ2v) is 11.2. The molecule has 4 fully saturated rings. The SMILES string of the molecule is C[C@H]1CCC[C@]2(C)[C@@H]1CC[C@@H]1[C@H]3CCCC(C)(C)[C@@H]3CC[C@]12C. The van der Waals surface area contributed by atoms with Gasteiger partial charge in [-0.3, -0.25) is 0 Å². The van der Waals surface area contributed by atoms with Crippen LogP contribution in [0.5, 0.6) is 0 Å². The number of hydrogen-bond donors (Lipinski definition) is 0. The van der Waals surface area contributed by atoms with Gasteiger partial charge in [0.05, 0.1) is 0 Å². The Balaban J connectivity index is 1.69. The Bertz CT molecular complexity index is 463. The summed E-state index contributed by atoms with van der Waals surface area (Å²) in [6.07, 6.45) is 15.2. The van der Waals surface area contributed by atoms with Gasteiger partial charge in [-0.25, -0.2) is 0 Å². The zero-order valence-corrected chi connectivity index (χ0v) is 16.5. The van der Waals surface area contributed by atoms with E-state index in [2.05, 4.69) is 34.6 Å². The van der Waals surface area contributed by atoms with Gasteiger partial charge in [-0.05, 0) is 90.8 Å². The third-order valence-corrected chi connectivity index (χ3v) is 10.1. The molecule has 0 aromatic rings. The molecule has 0 bridgehead atoms. The molecule has 0 saturated heterocycles. The van der Waals surface area contributed by atoms with Crippen LogP contribution in [0, 0.1) is 45.8 Å². The highest BCUT2D eigenvalue weighted by Gasteiger charge is 2.62. The van der Waals surface area contributed by atoms with Crippen LogP contribution in [-0.2, 0) is 0 Å². The van der Waals surface area contributed by atoms with Gasteiger partial charge in [0.15, 0.2) is 0 Å². The summed E-state index contributed by atoms with van der Waals surface area (Å²) in [5.74, 6) is 5.10. The van der Waals surface area contributed by atoms with E-state index in [9.17, 15) is 0 Å². The van der Waals surface area contributed by atoms with Gasteiger partial charge in [-0.2, -0.15) is 0 Å². The van der Waals surface area contributed by atoms with Crippen LogP contribution >= 0.6 is 0 Å². The summed E-state index contributed by atoms with van der Waals surface area (Å²) in [4.78, 5) is 0. The van der Waals surface area contributed by atoms with Crippen LogP contribution in [0.25, 0.3) is 0 Å². The van der Waals surface area contributed by atoms with Crippen LogP contribution in [0.1, 0.15) is 98.8 Å². The first-order valence-corrected chi connectivity index (χ1v) is 10.8. The lowest BCUT2D eigenvalue weighted by molar-refractivity contribution is -0.188. The first-order chi connectivity index (χ1) is 10.8. The fourth-order valence-electron chi connectivity index (χ4n) is 8.68. The van der Waals surface area contributed by atoms with Crippen molar-refractivity contribution < 1.29 is 0 Å². The normalized spacial score (nSPS) is 55.4. The van der Waals surface area contributed by atoms with Gasteiger partial charge in [-0.1, -0.05) is 53.9 Å². The molecule has 0 aromatic heterocycles. The maximum absolute atomic E-state index is 2.75. The predicted molar refractivity (Wildman–Crippen MR) is 99.3 cm³/mol. The van der Waals surface area contributed by atoms with Crippen molar-refractivity contribution in [2.45, 2.75) is 98.8 Å². The first-order valence-electron chi connectivity index (χ1n) is 10.8. The van der Waals surface area contributed by atoms with Crippen molar-refractivity contribution in [3.8, 4) is 0 Å². The zero-order valence-electron chi connectivity index (χ0n) is 16.5. The van der Waals surface area contributed by atoms with E-state index in [1.807, 2.05) is 0 Å². The van der Waals surface area contributed by atoms with Crippen LogP contribution in [0.3, 0.4) is 0 Å². The maximum Gasteiger partial charge on any atom is -0.0238 e. The molecule has 23 heavy (non-hydrogen) atoms. The van der Waals surface area contributed by atoms with Crippen LogP contribution in [0.15, 0.2) is 0 Å². The van der Waals surface area contributed by atoms with Crippen molar-refractivity contribution in [2.75, 3.05) is 0 Å². The molecule has 0 aromatic carbocycles. The summed E-state index contributed by atoms with van der Waals surface area (Å²) >= 11 is 0. The molecule has 4 aliphatic rings. The average molecular weight is 317 g/mol. The minimum absolute atomic E-state index is 0.613. The van der Waals surface area contributed by atoms with Crippen LogP contribution < -0.4 is 0 Å². The topological polar surface area (TPSA) is 0 Å². The summed E-state index contributed by atoms with van der Waals surface area (Å²) in [5.41, 5.74) is 1.89. The van der Waals surface area contributed by atoms with Gasteiger partial charge in [0.1, 0.15) is 0 Å². The van der Waals surface area contributed by atoms with E-state index in [1.165, 1.54) is 44.9 Å². The van der Waals surface area contributed by atoms with E-state index < -0.39 is 0 Å². The Morgan fingerprint density at radius 3 is 2.04 bits per heavy atom. The summed E-state index contributed by atoms with van der Waals surface area (Å²) < 4.78 is 0. The molecular weight excluding hydrogens is 276 g/mol. The van der Waals surface area contributed by atoms with Crippen LogP contribution in [0.2, 0.25) is 0 Å². The van der Waals surface area contributed by atoms with Crippen molar-refractivity contribution in [3.05, 3.63) is 0 Å². The van der Waals surface area contributed by atoms with Crippen LogP contribution in [0.4, 0.5) is 0 Å². The predicted octanol–water partition coefficient (Wildman–Crippen LogP) is 7.08. The van der Waals surface area contributed by atoms with E-state index in [4.69, 9.17) is 0 Å². The molecule has 132 valence electrons. The Morgan fingerprint density at radius 1 is 0.609 bits per heavy atom.